The van der Waals surface area contributed by atoms with E-state index in [0.29, 0.717) is 6.61 Å². The van der Waals surface area contributed by atoms with Crippen molar-refractivity contribution >= 4 is 54.6 Å². The van der Waals surface area contributed by atoms with Crippen molar-refractivity contribution in [3.05, 3.63) is 0 Å². The average Bonchev–Trinajstić information content (AvgIpc) is 2.67. The summed E-state index contributed by atoms with van der Waals surface area (Å²) < 4.78 is 5.09. The number of hydrogen-bond acceptors (Lipinski definition) is 2. The summed E-state index contributed by atoms with van der Waals surface area (Å²) in [5.74, 6) is 0. The van der Waals surface area contributed by atoms with Crippen molar-refractivity contribution in [3.63, 3.8) is 0 Å². The van der Waals surface area contributed by atoms with Crippen molar-refractivity contribution in [1.82, 2.24) is 0 Å². The van der Waals surface area contributed by atoms with Crippen LogP contribution in [0, 0.1) is 0 Å². The number of hydrogen-bond donors (Lipinski definition) is 1. The maximum Gasteiger partial charge on any atom is 1.00 e. The van der Waals surface area contributed by atoms with E-state index in [9.17, 15) is 0 Å². The third kappa shape index (κ3) is 49.6. The van der Waals surface area contributed by atoms with E-state index in [2.05, 4.69) is 19.1 Å². The first-order chi connectivity index (χ1) is 14.8. The molecule has 32 heavy (non-hydrogen) atoms. The molecule has 0 spiro atoms. The summed E-state index contributed by atoms with van der Waals surface area (Å²) in [5.41, 5.74) is 5.29. The second-order valence-corrected chi connectivity index (χ2v) is 24.2. The van der Waals surface area contributed by atoms with Gasteiger partial charge in [-0.1, -0.05) is 129 Å². The molecular weight excluding hydrogens is 551 g/mol. The largest absolute Gasteiger partial charge is 1.00 e. The van der Waals surface area contributed by atoms with Gasteiger partial charge in [-0.2, -0.15) is 0 Å². The van der Waals surface area contributed by atoms with Crippen LogP contribution in [0.2, 0.25) is 0 Å². The van der Waals surface area contributed by atoms with Crippen molar-refractivity contribution < 1.29 is 48.1 Å². The number of unbranched alkanes of at least 4 members (excludes halogenated alkanes) is 19. The molecule has 9 heteroatoms. The van der Waals surface area contributed by atoms with E-state index in [1.165, 1.54) is 122 Å². The summed E-state index contributed by atoms with van der Waals surface area (Å²) in [7, 11) is 20.1. The Balaban J connectivity index is -0.000000539. The van der Waals surface area contributed by atoms with Crippen LogP contribution in [-0.4, -0.2) is 11.8 Å². The molecule has 0 saturated heterocycles. The number of rotatable bonds is 21. The maximum atomic E-state index is 5.29. The molecule has 0 aliphatic carbocycles. The predicted octanol–water partition coefficient (Wildman–Crippen LogP) is 7.94. The Kier molecular flexibility index (Phi) is 38.6. The fourth-order valence-electron chi connectivity index (χ4n) is 3.53. The third-order valence-electron chi connectivity index (χ3n) is 5.24. The fraction of sp³-hybridized carbons (Fsp3) is 0.957. The first-order valence-corrected chi connectivity index (χ1v) is 21.5. The average molecular weight is 599 g/mol. The second kappa shape index (κ2) is 31.6. The van der Waals surface area contributed by atoms with Gasteiger partial charge in [0.15, 0.2) is 0 Å². The van der Waals surface area contributed by atoms with Gasteiger partial charge in [0.25, 0.3) is 5.17 Å². The maximum absolute atomic E-state index is 5.29. The van der Waals surface area contributed by atoms with E-state index >= 15 is 0 Å². The summed E-state index contributed by atoms with van der Waals surface area (Å²) in [6.07, 6.45) is 28.1. The minimum Gasteiger partial charge on any atom is -1.00 e. The Morgan fingerprint density at radius 3 is 1.06 bits per heavy atom. The minimum atomic E-state index is -3.11. The predicted molar refractivity (Wildman–Crippen MR) is 145 cm³/mol. The number of halogens is 4. The van der Waals surface area contributed by atoms with Crippen molar-refractivity contribution in [2.24, 2.45) is 5.73 Å². The molecule has 0 aliphatic heterocycles. The molecular formula is C23H48Cl4NNaOSTi. The van der Waals surface area contributed by atoms with Gasteiger partial charge in [-0.15, -0.1) is 0 Å². The third-order valence-corrected chi connectivity index (χ3v) is 5.36. The molecule has 0 saturated carbocycles. The van der Waals surface area contributed by atoms with Crippen molar-refractivity contribution in [2.45, 2.75) is 135 Å². The normalized spacial score (nSPS) is 10.8. The van der Waals surface area contributed by atoms with Gasteiger partial charge in [0.1, 0.15) is 0 Å². The Labute approximate surface area is 247 Å². The molecule has 0 aliphatic rings. The minimum absolute atomic E-state index is 0. The van der Waals surface area contributed by atoms with Crippen LogP contribution in [0.4, 0.5) is 0 Å². The van der Waals surface area contributed by atoms with Crippen molar-refractivity contribution in [2.75, 3.05) is 6.61 Å². The topological polar surface area (TPSA) is 35.2 Å². The summed E-state index contributed by atoms with van der Waals surface area (Å²) in [6.45, 7) is 2.98. The molecule has 0 radical (unpaired) electrons. The van der Waals surface area contributed by atoms with Gasteiger partial charge < -0.3 is 11.9 Å². The molecule has 0 amide bonds. The number of nitrogens with two attached hydrogens (primary N) is 1. The van der Waals surface area contributed by atoms with E-state index < -0.39 is 12.3 Å². The van der Waals surface area contributed by atoms with Crippen LogP contribution >= 0.6 is 49.4 Å². The number of ether oxygens (including phenoxy) is 1. The Morgan fingerprint density at radius 1 is 0.625 bits per heavy atom. The molecule has 0 bridgehead atoms. The van der Waals surface area contributed by atoms with E-state index in [4.69, 9.17) is 47.7 Å². The molecule has 190 valence electrons. The SMILES string of the molecule is CCCCCCCCCCCCCCCCCCCCCCOC(N)=S.[Cl][Ti]([Cl])([Cl])[Cl].[H-].[Na+]. The molecule has 2 N–H and O–H groups in total. The Hall–Kier alpha value is 2.56. The van der Waals surface area contributed by atoms with Crippen LogP contribution in [0.15, 0.2) is 0 Å². The summed E-state index contributed by atoms with van der Waals surface area (Å²) in [4.78, 5) is 0. The monoisotopic (exact) mass is 597 g/mol. The molecule has 0 aromatic rings. The van der Waals surface area contributed by atoms with E-state index in [0.717, 1.165) is 6.42 Å². The van der Waals surface area contributed by atoms with Crippen LogP contribution in [0.25, 0.3) is 0 Å². The van der Waals surface area contributed by atoms with Gasteiger partial charge in [-0.3, -0.25) is 0 Å². The quantitative estimate of drug-likeness (QED) is 0.0827. The van der Waals surface area contributed by atoms with Gasteiger partial charge in [0, 0.05) is 0 Å². The van der Waals surface area contributed by atoms with Crippen LogP contribution in [0.3, 0.4) is 0 Å². The summed E-state index contributed by atoms with van der Waals surface area (Å²) in [6, 6.07) is 0. The second-order valence-electron chi connectivity index (χ2n) is 8.31. The first kappa shape index (κ1) is 39.1. The molecule has 0 rings (SSSR count). The smallest absolute Gasteiger partial charge is 1.00 e. The van der Waals surface area contributed by atoms with Gasteiger partial charge in [-0.05, 0) is 18.6 Å². The van der Waals surface area contributed by atoms with Crippen LogP contribution < -0.4 is 35.3 Å². The van der Waals surface area contributed by atoms with Crippen LogP contribution in [0.5, 0.6) is 0 Å². The standard InChI is InChI=1S/C23H47NOS.4ClH.Na.Ti.H/c1-2-3-4-5-6-7-8-9-10-11-12-13-14-15-16-17-18-19-20-21-22-25-23(24)26;;;;;;;/h2-22H2,1H3,(H2,24,26);4*1H;;;/q;;;;;+1;+4;-1/p-4. The van der Waals surface area contributed by atoms with Crippen molar-refractivity contribution in [1.29, 1.82) is 0 Å². The first-order valence-electron chi connectivity index (χ1n) is 12.4. The van der Waals surface area contributed by atoms with Gasteiger partial charge in [0.05, 0.1) is 6.61 Å². The number of thiocarbonyl (C=S) groups is 1. The Bertz CT molecular complexity index is 381. The summed E-state index contributed by atoms with van der Waals surface area (Å²) >= 11 is 1.57. The fourth-order valence-corrected chi connectivity index (χ4v) is 3.61. The Morgan fingerprint density at radius 2 is 0.844 bits per heavy atom. The molecule has 0 aromatic carbocycles. The van der Waals surface area contributed by atoms with E-state index in [-0.39, 0.29) is 36.2 Å². The van der Waals surface area contributed by atoms with Gasteiger partial charge >= 0.3 is 79.1 Å². The zero-order valence-corrected chi connectivity index (χ0v) is 28.2. The molecule has 2 nitrogen and oxygen atoms in total. The zero-order valence-electron chi connectivity index (χ0n) is 21.8. The van der Waals surface area contributed by atoms with E-state index in [1.54, 1.807) is 0 Å². The zero-order chi connectivity index (χ0) is 23.6. The molecule has 0 atom stereocenters. The van der Waals surface area contributed by atoms with Crippen LogP contribution in [-0.2, 0) is 17.1 Å². The molecule has 0 fully saturated rings. The van der Waals surface area contributed by atoms with Crippen molar-refractivity contribution in [3.8, 4) is 0 Å². The molecule has 0 aromatic heterocycles. The molecule has 0 heterocycles. The van der Waals surface area contributed by atoms with Gasteiger partial charge in [-0.25, -0.2) is 0 Å². The van der Waals surface area contributed by atoms with E-state index in [1.807, 2.05) is 0 Å². The van der Waals surface area contributed by atoms with Gasteiger partial charge in [0.2, 0.25) is 0 Å². The van der Waals surface area contributed by atoms with Crippen LogP contribution in [0.1, 0.15) is 137 Å². The summed E-state index contributed by atoms with van der Waals surface area (Å²) in [5, 5.41) is 0.183. The molecule has 0 unspecified atom stereocenters.